The number of rotatable bonds is 5. The fourth-order valence-electron chi connectivity index (χ4n) is 3.63. The number of H-pyrrole nitrogens is 1. The number of carbonyl (C=O) groups excluding carboxylic acids is 2. The highest BCUT2D eigenvalue weighted by Crippen LogP contribution is 2.29. The molecule has 1 aromatic carbocycles. The first-order valence-electron chi connectivity index (χ1n) is 10.2. The Morgan fingerprint density at radius 3 is 2.33 bits per heavy atom. The Hall–Kier alpha value is -2.99. The molecule has 0 bridgehead atoms. The van der Waals surface area contributed by atoms with Crippen LogP contribution in [0.15, 0.2) is 41.8 Å². The number of amides is 2. The maximum absolute atomic E-state index is 12.7. The molecule has 0 aliphatic carbocycles. The lowest BCUT2D eigenvalue weighted by Gasteiger charge is -2.35. The summed E-state index contributed by atoms with van der Waals surface area (Å²) in [6.45, 7) is 1.74. The fraction of sp³-hybridized carbons (Fsp3) is 0.333. The number of aromatic amines is 1. The molecular formula is C21H20F3N5O2S2. The van der Waals surface area contributed by atoms with Crippen molar-refractivity contribution in [2.75, 3.05) is 26.2 Å². The van der Waals surface area contributed by atoms with Crippen molar-refractivity contribution in [3.05, 3.63) is 57.7 Å². The van der Waals surface area contributed by atoms with E-state index in [1.54, 1.807) is 14.4 Å². The number of hydrogen-bond acceptors (Lipinski definition) is 5. The fourth-order valence-corrected chi connectivity index (χ4v) is 4.57. The number of nitrogens with zero attached hydrogens (tertiary/aromatic N) is 4. The molecule has 1 aliphatic rings. The normalized spacial score (nSPS) is 14.5. The minimum atomic E-state index is -4.45. The highest BCUT2D eigenvalue weighted by atomic mass is 32.1. The second kappa shape index (κ2) is 9.48. The summed E-state index contributed by atoms with van der Waals surface area (Å²) in [6.07, 6.45) is -4.21. The summed E-state index contributed by atoms with van der Waals surface area (Å²) in [5.74, 6) is 0.285. The zero-order valence-electron chi connectivity index (χ0n) is 17.3. The van der Waals surface area contributed by atoms with Gasteiger partial charge in [-0.1, -0.05) is 6.07 Å². The number of alkyl halides is 3. The van der Waals surface area contributed by atoms with Crippen molar-refractivity contribution >= 4 is 35.4 Å². The van der Waals surface area contributed by atoms with Crippen LogP contribution in [0.1, 0.15) is 22.3 Å². The molecule has 0 spiro atoms. The second-order valence-corrected chi connectivity index (χ2v) is 8.81. The average Bonchev–Trinajstić information content (AvgIpc) is 3.46. The molecule has 0 radical (unpaired) electrons. The van der Waals surface area contributed by atoms with Crippen LogP contribution in [0.4, 0.5) is 13.2 Å². The van der Waals surface area contributed by atoms with Crippen LogP contribution in [-0.2, 0) is 17.5 Å². The smallest absolute Gasteiger partial charge is 0.339 e. The van der Waals surface area contributed by atoms with E-state index in [1.165, 1.54) is 23.5 Å². The van der Waals surface area contributed by atoms with Crippen molar-refractivity contribution in [1.82, 2.24) is 24.6 Å². The summed E-state index contributed by atoms with van der Waals surface area (Å²) in [4.78, 5) is 29.5. The van der Waals surface area contributed by atoms with Gasteiger partial charge in [0.15, 0.2) is 10.6 Å². The molecule has 2 amide bonds. The van der Waals surface area contributed by atoms with E-state index in [0.29, 0.717) is 43.3 Å². The zero-order valence-corrected chi connectivity index (χ0v) is 19.0. The number of hydrogen-bond donors (Lipinski definition) is 1. The van der Waals surface area contributed by atoms with E-state index in [1.807, 2.05) is 17.5 Å². The number of aromatic nitrogens is 3. The summed E-state index contributed by atoms with van der Waals surface area (Å²) >= 11 is 6.82. The third kappa shape index (κ3) is 5.17. The lowest BCUT2D eigenvalue weighted by molar-refractivity contribution is -0.137. The van der Waals surface area contributed by atoms with Crippen LogP contribution >= 0.6 is 23.6 Å². The molecule has 1 N–H and O–H groups in total. The van der Waals surface area contributed by atoms with Crippen LogP contribution in [0, 0.1) is 4.77 Å². The zero-order chi connectivity index (χ0) is 23.6. The highest BCUT2D eigenvalue weighted by molar-refractivity contribution is 7.71. The van der Waals surface area contributed by atoms with Gasteiger partial charge in [-0.25, -0.2) is 0 Å². The van der Waals surface area contributed by atoms with Crippen molar-refractivity contribution in [2.24, 2.45) is 0 Å². The van der Waals surface area contributed by atoms with Crippen molar-refractivity contribution in [3.63, 3.8) is 0 Å². The Morgan fingerprint density at radius 1 is 1.06 bits per heavy atom. The minimum Gasteiger partial charge on any atom is -0.339 e. The number of carbonyl (C=O) groups is 2. The maximum Gasteiger partial charge on any atom is 0.416 e. The second-order valence-electron chi connectivity index (χ2n) is 7.48. The Labute approximate surface area is 196 Å². The summed E-state index contributed by atoms with van der Waals surface area (Å²) in [5.41, 5.74) is -0.604. The van der Waals surface area contributed by atoms with Crippen LogP contribution < -0.4 is 0 Å². The third-order valence-electron chi connectivity index (χ3n) is 5.43. The van der Waals surface area contributed by atoms with Gasteiger partial charge in [-0.3, -0.25) is 19.3 Å². The predicted octanol–water partition coefficient (Wildman–Crippen LogP) is 4.06. The maximum atomic E-state index is 12.7. The molecule has 0 unspecified atom stereocenters. The highest BCUT2D eigenvalue weighted by Gasteiger charge is 2.31. The minimum absolute atomic E-state index is 0.0585. The van der Waals surface area contributed by atoms with Gasteiger partial charge in [0.2, 0.25) is 5.91 Å². The van der Waals surface area contributed by atoms with Crippen LogP contribution in [0.2, 0.25) is 0 Å². The van der Waals surface area contributed by atoms with Crippen LogP contribution in [0.5, 0.6) is 0 Å². The molecule has 0 atom stereocenters. The van der Waals surface area contributed by atoms with Gasteiger partial charge < -0.3 is 9.80 Å². The molecule has 1 saturated heterocycles. The van der Waals surface area contributed by atoms with Gasteiger partial charge in [0.25, 0.3) is 5.91 Å². The largest absolute Gasteiger partial charge is 0.416 e. The summed E-state index contributed by atoms with van der Waals surface area (Å²) in [6, 6.07) is 8.01. The van der Waals surface area contributed by atoms with E-state index in [2.05, 4.69) is 10.2 Å². The number of halogens is 3. The van der Waals surface area contributed by atoms with Gasteiger partial charge in [-0.15, -0.1) is 11.3 Å². The third-order valence-corrected chi connectivity index (χ3v) is 6.61. The molecule has 1 aliphatic heterocycles. The molecule has 174 valence electrons. The lowest BCUT2D eigenvalue weighted by Crippen LogP contribution is -2.50. The van der Waals surface area contributed by atoms with Gasteiger partial charge in [0.05, 0.1) is 10.4 Å². The molecule has 3 aromatic rings. The van der Waals surface area contributed by atoms with E-state index >= 15 is 0 Å². The van der Waals surface area contributed by atoms with Crippen LogP contribution in [-0.4, -0.2) is 62.6 Å². The van der Waals surface area contributed by atoms with Crippen LogP contribution in [0.25, 0.3) is 10.7 Å². The van der Waals surface area contributed by atoms with Crippen LogP contribution in [0.3, 0.4) is 0 Å². The van der Waals surface area contributed by atoms with E-state index < -0.39 is 11.7 Å². The predicted molar refractivity (Wildman–Crippen MR) is 119 cm³/mol. The summed E-state index contributed by atoms with van der Waals surface area (Å²) in [5, 5.41) is 8.95. The molecule has 1 fully saturated rings. The standard InChI is InChI=1S/C21H20F3N5O2S2/c22-21(23,24)15-5-3-14(4-6-15)19(31)28-11-9-27(10-12-28)17(30)7-8-29-18(25-26-20(29)32)16-2-1-13-33-16/h1-6,13H,7-12H2,(H,26,32). The molecule has 2 aromatic heterocycles. The van der Waals surface area contributed by atoms with Crippen molar-refractivity contribution in [1.29, 1.82) is 0 Å². The molecule has 4 rings (SSSR count). The Balaban J connectivity index is 1.31. The number of benzene rings is 1. The summed E-state index contributed by atoms with van der Waals surface area (Å²) in [7, 11) is 0. The van der Waals surface area contributed by atoms with E-state index in [9.17, 15) is 22.8 Å². The average molecular weight is 496 g/mol. The monoisotopic (exact) mass is 495 g/mol. The van der Waals surface area contributed by atoms with Gasteiger partial charge >= 0.3 is 6.18 Å². The molecule has 0 saturated carbocycles. The topological polar surface area (TPSA) is 74.2 Å². The summed E-state index contributed by atoms with van der Waals surface area (Å²) < 4.78 is 40.4. The first-order chi connectivity index (χ1) is 15.7. The van der Waals surface area contributed by atoms with Crippen molar-refractivity contribution in [3.8, 4) is 10.7 Å². The Kier molecular flexibility index (Phi) is 6.66. The van der Waals surface area contributed by atoms with E-state index in [-0.39, 0.29) is 23.8 Å². The first-order valence-corrected chi connectivity index (χ1v) is 11.5. The van der Waals surface area contributed by atoms with Gasteiger partial charge in [-0.2, -0.15) is 18.3 Å². The van der Waals surface area contributed by atoms with Crippen molar-refractivity contribution < 1.29 is 22.8 Å². The van der Waals surface area contributed by atoms with E-state index in [0.717, 1.165) is 17.0 Å². The number of nitrogens with one attached hydrogen (secondary N) is 1. The van der Waals surface area contributed by atoms with Gasteiger partial charge in [0.1, 0.15) is 0 Å². The number of thiophene rings is 1. The first kappa shape index (κ1) is 23.2. The Morgan fingerprint density at radius 2 is 1.73 bits per heavy atom. The quantitative estimate of drug-likeness (QED) is 0.542. The van der Waals surface area contributed by atoms with Crippen molar-refractivity contribution in [2.45, 2.75) is 19.1 Å². The molecule has 12 heteroatoms. The number of piperazine rings is 1. The van der Waals surface area contributed by atoms with E-state index in [4.69, 9.17) is 12.2 Å². The molecular weight excluding hydrogens is 475 g/mol. The SMILES string of the molecule is O=C(CCn1c(-c2cccs2)n[nH]c1=S)N1CCN(C(=O)c2ccc(C(F)(F)F)cc2)CC1. The molecule has 33 heavy (non-hydrogen) atoms. The Bertz CT molecular complexity index is 1180. The van der Waals surface area contributed by atoms with Gasteiger partial charge in [0, 0.05) is 44.7 Å². The molecule has 7 nitrogen and oxygen atoms in total. The van der Waals surface area contributed by atoms with Gasteiger partial charge in [-0.05, 0) is 47.9 Å². The lowest BCUT2D eigenvalue weighted by atomic mass is 10.1. The molecule has 3 heterocycles.